The number of nitrogens with zero attached hydrogens (tertiary/aromatic N) is 2. The third-order valence-electron chi connectivity index (χ3n) is 4.36. The summed E-state index contributed by atoms with van der Waals surface area (Å²) in [5.74, 6) is 0.315. The average Bonchev–Trinajstić information content (AvgIpc) is 2.68. The van der Waals surface area contributed by atoms with Gasteiger partial charge < -0.3 is 14.8 Å². The number of nitrogens with one attached hydrogen (secondary N) is 2. The van der Waals surface area contributed by atoms with Gasteiger partial charge in [-0.15, -0.1) is 0 Å². The minimum atomic E-state index is -0.623. The van der Waals surface area contributed by atoms with Crippen LogP contribution in [0, 0.1) is 0 Å². The second kappa shape index (κ2) is 9.84. The standard InChI is InChI=1S/C21H24BrClN4O4/c1-21(2,3)31-20(29)27-10-11-30-12-15(27)13-6-4-7-14(22)18(13)26-19(28)25-17-9-5-8-16(23)24-17/h4-9,15H,10-12H2,1-3H3,(H2,24,25,26,28). The first-order chi connectivity index (χ1) is 14.6. The summed E-state index contributed by atoms with van der Waals surface area (Å²) >= 11 is 9.37. The van der Waals surface area contributed by atoms with Crippen molar-refractivity contribution in [3.63, 3.8) is 0 Å². The predicted octanol–water partition coefficient (Wildman–Crippen LogP) is 5.45. The monoisotopic (exact) mass is 510 g/mol. The van der Waals surface area contributed by atoms with Crippen LogP contribution < -0.4 is 10.6 Å². The SMILES string of the molecule is CC(C)(C)OC(=O)N1CCOCC1c1cccc(Br)c1NC(=O)Nc1cccc(Cl)n1. The van der Waals surface area contributed by atoms with Gasteiger partial charge in [0.15, 0.2) is 0 Å². The van der Waals surface area contributed by atoms with E-state index in [1.54, 1.807) is 29.2 Å². The van der Waals surface area contributed by atoms with Crippen molar-refractivity contribution in [3.05, 3.63) is 51.6 Å². The summed E-state index contributed by atoms with van der Waals surface area (Å²) in [7, 11) is 0. The Morgan fingerprint density at radius 1 is 1.23 bits per heavy atom. The molecule has 1 atom stereocenters. The fraction of sp³-hybridized carbons (Fsp3) is 0.381. The molecule has 0 saturated carbocycles. The van der Waals surface area contributed by atoms with Crippen molar-refractivity contribution in [2.24, 2.45) is 0 Å². The number of anilines is 2. The Balaban J connectivity index is 1.85. The lowest BCUT2D eigenvalue weighted by molar-refractivity contribution is -0.0329. The number of hydrogen-bond donors (Lipinski definition) is 2. The van der Waals surface area contributed by atoms with Crippen molar-refractivity contribution in [2.45, 2.75) is 32.4 Å². The van der Waals surface area contributed by atoms with E-state index in [9.17, 15) is 9.59 Å². The van der Waals surface area contributed by atoms with Gasteiger partial charge in [0.25, 0.3) is 0 Å². The van der Waals surface area contributed by atoms with E-state index in [1.807, 2.05) is 32.9 Å². The van der Waals surface area contributed by atoms with Crippen LogP contribution in [-0.2, 0) is 9.47 Å². The maximum atomic E-state index is 12.8. The number of halogens is 2. The molecule has 10 heteroatoms. The molecule has 1 aliphatic rings. The molecule has 0 spiro atoms. The van der Waals surface area contributed by atoms with Crippen molar-refractivity contribution in [1.82, 2.24) is 9.88 Å². The van der Waals surface area contributed by atoms with Gasteiger partial charge in [-0.2, -0.15) is 0 Å². The normalized spacial score (nSPS) is 16.5. The van der Waals surface area contributed by atoms with Gasteiger partial charge >= 0.3 is 12.1 Å². The van der Waals surface area contributed by atoms with Crippen LogP contribution in [-0.4, -0.2) is 47.4 Å². The van der Waals surface area contributed by atoms with E-state index in [0.29, 0.717) is 34.7 Å². The van der Waals surface area contributed by atoms with Gasteiger partial charge in [-0.05, 0) is 54.9 Å². The maximum absolute atomic E-state index is 12.8. The van der Waals surface area contributed by atoms with Gasteiger partial charge in [0.1, 0.15) is 16.6 Å². The van der Waals surface area contributed by atoms with Crippen LogP contribution in [0.4, 0.5) is 21.1 Å². The first kappa shape index (κ1) is 23.3. The number of benzene rings is 1. The largest absolute Gasteiger partial charge is 0.444 e. The lowest BCUT2D eigenvalue weighted by Crippen LogP contribution is -2.46. The molecule has 1 fully saturated rings. The molecule has 31 heavy (non-hydrogen) atoms. The number of pyridine rings is 1. The Hall–Kier alpha value is -2.36. The molecule has 0 aliphatic carbocycles. The first-order valence-electron chi connectivity index (χ1n) is 9.70. The number of urea groups is 1. The lowest BCUT2D eigenvalue weighted by atomic mass is 10.0. The van der Waals surface area contributed by atoms with Gasteiger partial charge in [-0.1, -0.05) is 29.8 Å². The summed E-state index contributed by atoms with van der Waals surface area (Å²) in [6.45, 7) is 6.53. The molecule has 8 nitrogen and oxygen atoms in total. The zero-order valence-corrected chi connectivity index (χ0v) is 19.8. The minimum absolute atomic E-state index is 0.270. The van der Waals surface area contributed by atoms with E-state index in [1.165, 1.54) is 0 Å². The molecule has 1 saturated heterocycles. The van der Waals surface area contributed by atoms with E-state index < -0.39 is 23.8 Å². The maximum Gasteiger partial charge on any atom is 0.410 e. The van der Waals surface area contributed by atoms with E-state index in [4.69, 9.17) is 21.1 Å². The highest BCUT2D eigenvalue weighted by molar-refractivity contribution is 9.10. The second-order valence-corrected chi connectivity index (χ2v) is 9.13. The summed E-state index contributed by atoms with van der Waals surface area (Å²) in [5, 5.41) is 5.76. The molecule has 166 valence electrons. The van der Waals surface area contributed by atoms with E-state index in [-0.39, 0.29) is 11.8 Å². The topological polar surface area (TPSA) is 92.8 Å². The van der Waals surface area contributed by atoms with Crippen LogP contribution in [0.15, 0.2) is 40.9 Å². The third-order valence-corrected chi connectivity index (χ3v) is 5.23. The van der Waals surface area contributed by atoms with Crippen LogP contribution in [0.25, 0.3) is 0 Å². The molecular formula is C21H24BrClN4O4. The zero-order chi connectivity index (χ0) is 22.6. The van der Waals surface area contributed by atoms with Crippen LogP contribution in [0.2, 0.25) is 5.15 Å². The van der Waals surface area contributed by atoms with Crippen LogP contribution in [0.5, 0.6) is 0 Å². The summed E-state index contributed by atoms with van der Waals surface area (Å²) in [5.41, 5.74) is 0.613. The fourth-order valence-electron chi connectivity index (χ4n) is 3.09. The average molecular weight is 512 g/mol. The Morgan fingerprint density at radius 2 is 1.97 bits per heavy atom. The van der Waals surface area contributed by atoms with Crippen LogP contribution in [0.1, 0.15) is 32.4 Å². The number of carbonyl (C=O) groups is 2. The highest BCUT2D eigenvalue weighted by Gasteiger charge is 2.34. The summed E-state index contributed by atoms with van der Waals surface area (Å²) in [6, 6.07) is 9.49. The molecule has 1 aromatic heterocycles. The second-order valence-electron chi connectivity index (χ2n) is 7.89. The van der Waals surface area contributed by atoms with Gasteiger partial charge in [0.05, 0.1) is 24.9 Å². The van der Waals surface area contributed by atoms with Gasteiger partial charge in [0.2, 0.25) is 0 Å². The lowest BCUT2D eigenvalue weighted by Gasteiger charge is -2.37. The van der Waals surface area contributed by atoms with Gasteiger partial charge in [-0.3, -0.25) is 10.2 Å². The van der Waals surface area contributed by atoms with Crippen LogP contribution >= 0.6 is 27.5 Å². The number of morpholine rings is 1. The summed E-state index contributed by atoms with van der Waals surface area (Å²) in [6.07, 6.45) is -0.431. The summed E-state index contributed by atoms with van der Waals surface area (Å²) < 4.78 is 11.9. The first-order valence-corrected chi connectivity index (χ1v) is 10.9. The molecule has 1 unspecified atom stereocenters. The minimum Gasteiger partial charge on any atom is -0.444 e. The summed E-state index contributed by atoms with van der Waals surface area (Å²) in [4.78, 5) is 31.1. The highest BCUT2D eigenvalue weighted by atomic mass is 79.9. The Morgan fingerprint density at radius 3 is 2.68 bits per heavy atom. The van der Waals surface area contributed by atoms with Crippen molar-refractivity contribution in [2.75, 3.05) is 30.4 Å². The molecule has 0 radical (unpaired) electrons. The molecule has 2 N–H and O–H groups in total. The van der Waals surface area contributed by atoms with Crippen molar-refractivity contribution in [1.29, 1.82) is 0 Å². The zero-order valence-electron chi connectivity index (χ0n) is 17.4. The molecule has 0 bridgehead atoms. The molecule has 3 rings (SSSR count). The number of amides is 3. The van der Waals surface area contributed by atoms with Gasteiger partial charge in [0, 0.05) is 16.6 Å². The van der Waals surface area contributed by atoms with Crippen molar-refractivity contribution in [3.8, 4) is 0 Å². The van der Waals surface area contributed by atoms with E-state index in [0.717, 1.165) is 0 Å². The Labute approximate surface area is 194 Å². The third kappa shape index (κ3) is 6.32. The quantitative estimate of drug-likeness (QED) is 0.535. The number of hydrogen-bond acceptors (Lipinski definition) is 5. The van der Waals surface area contributed by atoms with Crippen molar-refractivity contribution < 1.29 is 19.1 Å². The highest BCUT2D eigenvalue weighted by Crippen LogP contribution is 2.35. The number of rotatable bonds is 3. The number of aromatic nitrogens is 1. The Kier molecular flexibility index (Phi) is 7.40. The molecular weight excluding hydrogens is 488 g/mol. The van der Waals surface area contributed by atoms with E-state index >= 15 is 0 Å². The van der Waals surface area contributed by atoms with Crippen LogP contribution in [0.3, 0.4) is 0 Å². The number of ether oxygens (including phenoxy) is 2. The smallest absolute Gasteiger partial charge is 0.410 e. The Bertz CT molecular complexity index is 967. The number of para-hydroxylation sites is 1. The molecule has 1 aromatic carbocycles. The van der Waals surface area contributed by atoms with E-state index in [2.05, 4.69) is 31.5 Å². The molecule has 1 aliphatic heterocycles. The molecule has 2 aromatic rings. The fourth-order valence-corrected chi connectivity index (χ4v) is 3.73. The van der Waals surface area contributed by atoms with Gasteiger partial charge in [-0.25, -0.2) is 14.6 Å². The number of carbonyl (C=O) groups excluding carboxylic acids is 2. The van der Waals surface area contributed by atoms with Crippen molar-refractivity contribution >= 4 is 51.2 Å². The molecule has 3 amide bonds. The molecule has 2 heterocycles. The predicted molar refractivity (Wildman–Crippen MR) is 123 cm³/mol.